The Labute approximate surface area is 110 Å². The number of aliphatic hydroxyl groups excluding tert-OH is 1. The van der Waals surface area contributed by atoms with Gasteiger partial charge in [-0.2, -0.15) is 5.10 Å². The molecule has 5 heteroatoms. The minimum Gasteiger partial charge on any atom is -0.388 e. The van der Waals surface area contributed by atoms with E-state index in [4.69, 9.17) is 11.6 Å². The quantitative estimate of drug-likeness (QED) is 0.926. The fourth-order valence-electron chi connectivity index (χ4n) is 1.79. The van der Waals surface area contributed by atoms with Gasteiger partial charge < -0.3 is 5.11 Å². The zero-order valence-corrected chi connectivity index (χ0v) is 10.7. The van der Waals surface area contributed by atoms with Gasteiger partial charge in [-0.3, -0.25) is 4.68 Å². The molecule has 1 heterocycles. The number of aliphatic hydroxyl groups is 1. The number of aryl methyl sites for hydroxylation is 1. The van der Waals surface area contributed by atoms with Gasteiger partial charge >= 0.3 is 0 Å². The summed E-state index contributed by atoms with van der Waals surface area (Å²) in [6.45, 7) is 2.77. The van der Waals surface area contributed by atoms with E-state index in [1.165, 1.54) is 12.1 Å². The van der Waals surface area contributed by atoms with Crippen LogP contribution in [0.1, 0.15) is 24.2 Å². The Morgan fingerprint density at radius 3 is 2.83 bits per heavy atom. The van der Waals surface area contributed by atoms with Crippen molar-refractivity contribution < 1.29 is 9.50 Å². The van der Waals surface area contributed by atoms with Crippen LogP contribution < -0.4 is 0 Å². The average molecular weight is 269 g/mol. The summed E-state index contributed by atoms with van der Waals surface area (Å²) in [4.78, 5) is 0. The van der Waals surface area contributed by atoms with Crippen molar-refractivity contribution in [2.24, 2.45) is 0 Å². The highest BCUT2D eigenvalue weighted by Crippen LogP contribution is 2.22. The predicted molar refractivity (Wildman–Crippen MR) is 68.0 cm³/mol. The molecule has 1 N–H and O–H groups in total. The van der Waals surface area contributed by atoms with Crippen molar-refractivity contribution in [3.05, 3.63) is 52.6 Å². The molecule has 1 aromatic heterocycles. The van der Waals surface area contributed by atoms with Crippen molar-refractivity contribution in [1.29, 1.82) is 0 Å². The van der Waals surface area contributed by atoms with Gasteiger partial charge in [0.2, 0.25) is 0 Å². The summed E-state index contributed by atoms with van der Waals surface area (Å²) in [5.41, 5.74) is 1.38. The molecule has 0 saturated heterocycles. The maximum atomic E-state index is 13.2. The minimum absolute atomic E-state index is 0.285. The minimum atomic E-state index is -0.785. The second-order valence-corrected chi connectivity index (χ2v) is 4.56. The molecule has 2 aromatic rings. The molecule has 96 valence electrons. The van der Waals surface area contributed by atoms with Crippen LogP contribution in [0.5, 0.6) is 0 Å². The number of rotatable bonds is 4. The zero-order chi connectivity index (χ0) is 13.1. The molecule has 0 aliphatic carbocycles. The molecule has 3 nitrogen and oxygen atoms in total. The highest BCUT2D eigenvalue weighted by Gasteiger charge is 2.12. The molecule has 0 spiro atoms. The van der Waals surface area contributed by atoms with Crippen molar-refractivity contribution in [3.8, 4) is 0 Å². The Bertz CT molecular complexity index is 521. The van der Waals surface area contributed by atoms with E-state index < -0.39 is 11.9 Å². The van der Waals surface area contributed by atoms with Crippen LogP contribution in [0.4, 0.5) is 4.39 Å². The molecule has 0 saturated carbocycles. The molecular weight excluding hydrogens is 255 g/mol. The first-order valence-electron chi connectivity index (χ1n) is 5.74. The number of benzene rings is 1. The van der Waals surface area contributed by atoms with Gasteiger partial charge in [0.25, 0.3) is 0 Å². The van der Waals surface area contributed by atoms with Crippen LogP contribution in [0.15, 0.2) is 30.6 Å². The van der Waals surface area contributed by atoms with Crippen molar-refractivity contribution >= 4 is 11.6 Å². The molecule has 0 aliphatic heterocycles. The number of aromatic nitrogens is 2. The van der Waals surface area contributed by atoms with Crippen LogP contribution in [0.3, 0.4) is 0 Å². The summed E-state index contributed by atoms with van der Waals surface area (Å²) in [5.74, 6) is -0.444. The van der Waals surface area contributed by atoms with Gasteiger partial charge in [-0.05, 0) is 36.2 Å². The number of hydrogen-bond donors (Lipinski definition) is 1. The van der Waals surface area contributed by atoms with E-state index in [1.54, 1.807) is 16.9 Å². The zero-order valence-electron chi connectivity index (χ0n) is 9.98. The van der Waals surface area contributed by atoms with E-state index in [2.05, 4.69) is 5.10 Å². The van der Waals surface area contributed by atoms with E-state index >= 15 is 0 Å². The molecular formula is C13H14ClFN2O. The second kappa shape index (κ2) is 5.50. The van der Waals surface area contributed by atoms with Crippen molar-refractivity contribution in [2.45, 2.75) is 26.0 Å². The van der Waals surface area contributed by atoms with E-state index in [1.807, 2.05) is 13.1 Å². The Morgan fingerprint density at radius 1 is 1.44 bits per heavy atom. The molecule has 1 unspecified atom stereocenters. The highest BCUT2D eigenvalue weighted by atomic mass is 35.5. The van der Waals surface area contributed by atoms with Gasteiger partial charge in [0.1, 0.15) is 5.82 Å². The lowest BCUT2D eigenvalue weighted by Crippen LogP contribution is -2.02. The average Bonchev–Trinajstić information content (AvgIpc) is 2.75. The Morgan fingerprint density at radius 2 is 2.22 bits per heavy atom. The summed E-state index contributed by atoms with van der Waals surface area (Å²) in [6.07, 6.45) is 3.17. The molecule has 0 amide bonds. The first kappa shape index (κ1) is 13.1. The highest BCUT2D eigenvalue weighted by molar-refractivity contribution is 6.30. The fraction of sp³-hybridized carbons (Fsp3) is 0.308. The largest absolute Gasteiger partial charge is 0.388 e. The van der Waals surface area contributed by atoms with Gasteiger partial charge in [0, 0.05) is 24.2 Å². The molecule has 2 rings (SSSR count). The normalized spacial score (nSPS) is 12.7. The predicted octanol–water partition coefficient (Wildman–Crippen LogP) is 2.97. The monoisotopic (exact) mass is 268 g/mol. The number of hydrogen-bond acceptors (Lipinski definition) is 2. The van der Waals surface area contributed by atoms with Gasteiger partial charge in [-0.25, -0.2) is 4.39 Å². The molecule has 0 aliphatic rings. The number of halogens is 2. The summed E-state index contributed by atoms with van der Waals surface area (Å²) < 4.78 is 15.0. The standard InChI is InChI=1S/C13H14ClFN2O/c1-2-17-8-9(7-16-17)3-13(18)10-4-11(14)6-12(15)5-10/h4-8,13,18H,2-3H2,1H3. The SMILES string of the molecule is CCn1cc(CC(O)c2cc(F)cc(Cl)c2)cn1. The lowest BCUT2D eigenvalue weighted by molar-refractivity contribution is 0.178. The maximum Gasteiger partial charge on any atom is 0.125 e. The Hall–Kier alpha value is -1.39. The molecule has 0 radical (unpaired) electrons. The molecule has 0 bridgehead atoms. The second-order valence-electron chi connectivity index (χ2n) is 4.13. The van der Waals surface area contributed by atoms with E-state index in [-0.39, 0.29) is 5.02 Å². The first-order chi connectivity index (χ1) is 8.58. The van der Waals surface area contributed by atoms with Crippen molar-refractivity contribution in [1.82, 2.24) is 9.78 Å². The topological polar surface area (TPSA) is 38.0 Å². The summed E-state index contributed by atoms with van der Waals surface area (Å²) in [6, 6.07) is 4.08. The van der Waals surface area contributed by atoms with Crippen LogP contribution in [0, 0.1) is 5.82 Å². The molecule has 0 fully saturated rings. The van der Waals surface area contributed by atoms with Crippen molar-refractivity contribution in [2.75, 3.05) is 0 Å². The third-order valence-electron chi connectivity index (χ3n) is 2.71. The summed E-state index contributed by atoms with van der Waals surface area (Å²) in [5, 5.41) is 14.4. The van der Waals surface area contributed by atoms with Gasteiger partial charge in [0.05, 0.1) is 12.3 Å². The van der Waals surface area contributed by atoms with Crippen LogP contribution in [0.2, 0.25) is 5.02 Å². The van der Waals surface area contributed by atoms with Crippen LogP contribution in [-0.2, 0) is 13.0 Å². The molecule has 1 atom stereocenters. The van der Waals surface area contributed by atoms with Gasteiger partial charge in [0.15, 0.2) is 0 Å². The Kier molecular flexibility index (Phi) is 3.99. The lowest BCUT2D eigenvalue weighted by Gasteiger charge is -2.10. The van der Waals surface area contributed by atoms with Crippen molar-refractivity contribution in [3.63, 3.8) is 0 Å². The lowest BCUT2D eigenvalue weighted by atomic mass is 10.0. The third-order valence-corrected chi connectivity index (χ3v) is 2.93. The van der Waals surface area contributed by atoms with Crippen LogP contribution in [0.25, 0.3) is 0 Å². The third kappa shape index (κ3) is 3.09. The van der Waals surface area contributed by atoms with Crippen LogP contribution in [-0.4, -0.2) is 14.9 Å². The number of nitrogens with zero attached hydrogens (tertiary/aromatic N) is 2. The van der Waals surface area contributed by atoms with Crippen LogP contribution >= 0.6 is 11.6 Å². The van der Waals surface area contributed by atoms with E-state index in [0.29, 0.717) is 12.0 Å². The molecule has 1 aromatic carbocycles. The summed E-state index contributed by atoms with van der Waals surface area (Å²) >= 11 is 5.76. The Balaban J connectivity index is 2.13. The van der Waals surface area contributed by atoms with E-state index in [9.17, 15) is 9.50 Å². The van der Waals surface area contributed by atoms with E-state index in [0.717, 1.165) is 12.1 Å². The van der Waals surface area contributed by atoms with Gasteiger partial charge in [-0.1, -0.05) is 11.6 Å². The first-order valence-corrected chi connectivity index (χ1v) is 6.11. The van der Waals surface area contributed by atoms with Gasteiger partial charge in [-0.15, -0.1) is 0 Å². The smallest absolute Gasteiger partial charge is 0.125 e. The maximum absolute atomic E-state index is 13.2. The fourth-order valence-corrected chi connectivity index (χ4v) is 2.02. The molecule has 18 heavy (non-hydrogen) atoms. The summed E-state index contributed by atoms with van der Waals surface area (Å²) in [7, 11) is 0.